The van der Waals surface area contributed by atoms with Crippen LogP contribution in [0.3, 0.4) is 0 Å². The summed E-state index contributed by atoms with van der Waals surface area (Å²) in [5.41, 5.74) is 8.12. The number of methoxy groups -OCH3 is 2. The summed E-state index contributed by atoms with van der Waals surface area (Å²) in [6, 6.07) is 7.33. The van der Waals surface area contributed by atoms with Gasteiger partial charge in [0, 0.05) is 13.2 Å². The third-order valence-corrected chi connectivity index (χ3v) is 2.94. The van der Waals surface area contributed by atoms with Crippen molar-refractivity contribution < 1.29 is 9.47 Å². The largest absolute Gasteiger partial charge is 0.493 e. The van der Waals surface area contributed by atoms with Gasteiger partial charge in [-0.1, -0.05) is 6.07 Å². The molecule has 18 heavy (non-hydrogen) atoms. The minimum Gasteiger partial charge on any atom is -0.493 e. The molecule has 1 unspecified atom stereocenters. The van der Waals surface area contributed by atoms with Crippen molar-refractivity contribution in [2.45, 2.75) is 6.04 Å². The molecular formula is C13H17N3O2. The van der Waals surface area contributed by atoms with Gasteiger partial charge in [0.25, 0.3) is 0 Å². The van der Waals surface area contributed by atoms with E-state index in [0.717, 1.165) is 11.3 Å². The molecule has 96 valence electrons. The molecule has 2 rings (SSSR count). The molecule has 0 spiro atoms. The quantitative estimate of drug-likeness (QED) is 0.889. The van der Waals surface area contributed by atoms with Crippen LogP contribution in [0.4, 0.5) is 0 Å². The number of nitrogens with two attached hydrogens (primary N) is 1. The normalized spacial score (nSPS) is 12.2. The topological polar surface area (TPSA) is 62.3 Å². The number of ether oxygens (including phenoxy) is 2. The summed E-state index contributed by atoms with van der Waals surface area (Å²) in [4.78, 5) is 0. The lowest BCUT2D eigenvalue weighted by molar-refractivity contribution is 0.354. The molecule has 0 saturated carbocycles. The van der Waals surface area contributed by atoms with Crippen LogP contribution in [0.2, 0.25) is 0 Å². The SMILES string of the molecule is COc1ccc(C(N)c2ccnn2C)cc1OC. The molecule has 0 fully saturated rings. The molecule has 0 aliphatic carbocycles. The summed E-state index contributed by atoms with van der Waals surface area (Å²) < 4.78 is 12.2. The highest BCUT2D eigenvalue weighted by atomic mass is 16.5. The molecule has 0 bridgehead atoms. The van der Waals surface area contributed by atoms with Crippen molar-refractivity contribution in [3.8, 4) is 11.5 Å². The van der Waals surface area contributed by atoms with Gasteiger partial charge < -0.3 is 15.2 Å². The molecule has 0 radical (unpaired) electrons. The molecule has 0 saturated heterocycles. The van der Waals surface area contributed by atoms with Crippen LogP contribution in [0.15, 0.2) is 30.5 Å². The Morgan fingerprint density at radius 2 is 1.89 bits per heavy atom. The van der Waals surface area contributed by atoms with Crippen LogP contribution in [-0.2, 0) is 7.05 Å². The van der Waals surface area contributed by atoms with Crippen LogP contribution in [0.5, 0.6) is 11.5 Å². The van der Waals surface area contributed by atoms with Crippen LogP contribution >= 0.6 is 0 Å². The fraction of sp³-hybridized carbons (Fsp3) is 0.308. The first-order chi connectivity index (χ1) is 8.67. The average molecular weight is 247 g/mol. The average Bonchev–Trinajstić information content (AvgIpc) is 2.83. The molecule has 0 aliphatic rings. The molecular weight excluding hydrogens is 230 g/mol. The van der Waals surface area contributed by atoms with Gasteiger partial charge in [-0.2, -0.15) is 5.10 Å². The highest BCUT2D eigenvalue weighted by molar-refractivity contribution is 5.45. The van der Waals surface area contributed by atoms with E-state index in [1.807, 2.05) is 31.3 Å². The van der Waals surface area contributed by atoms with Crippen LogP contribution in [0, 0.1) is 0 Å². The molecule has 1 aromatic heterocycles. The molecule has 2 N–H and O–H groups in total. The predicted molar refractivity (Wildman–Crippen MR) is 68.8 cm³/mol. The van der Waals surface area contributed by atoms with Gasteiger partial charge in [0.1, 0.15) is 0 Å². The number of aromatic nitrogens is 2. The van der Waals surface area contributed by atoms with E-state index in [9.17, 15) is 0 Å². The van der Waals surface area contributed by atoms with E-state index < -0.39 is 0 Å². The zero-order chi connectivity index (χ0) is 13.1. The molecule has 1 aromatic carbocycles. The molecule has 1 atom stereocenters. The third kappa shape index (κ3) is 2.17. The van der Waals surface area contributed by atoms with Gasteiger partial charge >= 0.3 is 0 Å². The summed E-state index contributed by atoms with van der Waals surface area (Å²) in [5.74, 6) is 1.37. The Labute approximate surface area is 106 Å². The number of aryl methyl sites for hydroxylation is 1. The van der Waals surface area contributed by atoms with Crippen molar-refractivity contribution >= 4 is 0 Å². The number of hydrogen-bond donors (Lipinski definition) is 1. The first-order valence-corrected chi connectivity index (χ1v) is 5.62. The Bertz CT molecular complexity index is 537. The summed E-state index contributed by atoms with van der Waals surface area (Å²) in [5, 5.41) is 4.12. The van der Waals surface area contributed by atoms with E-state index in [1.165, 1.54) is 0 Å². The van der Waals surface area contributed by atoms with E-state index in [2.05, 4.69) is 5.10 Å². The molecule has 1 heterocycles. The first kappa shape index (κ1) is 12.4. The van der Waals surface area contributed by atoms with Gasteiger partial charge in [0.15, 0.2) is 11.5 Å². The second-order valence-electron chi connectivity index (χ2n) is 3.97. The van der Waals surface area contributed by atoms with E-state index in [-0.39, 0.29) is 6.04 Å². The van der Waals surface area contributed by atoms with E-state index in [4.69, 9.17) is 15.2 Å². The number of rotatable bonds is 4. The van der Waals surface area contributed by atoms with Crippen molar-refractivity contribution in [3.05, 3.63) is 41.7 Å². The smallest absolute Gasteiger partial charge is 0.161 e. The Morgan fingerprint density at radius 3 is 2.44 bits per heavy atom. The minimum atomic E-state index is -0.239. The van der Waals surface area contributed by atoms with Crippen molar-refractivity contribution in [2.24, 2.45) is 12.8 Å². The maximum Gasteiger partial charge on any atom is 0.161 e. The van der Waals surface area contributed by atoms with Crippen molar-refractivity contribution in [1.29, 1.82) is 0 Å². The molecule has 5 heteroatoms. The standard InChI is InChI=1S/C13H17N3O2/c1-16-10(6-7-15-16)13(14)9-4-5-11(17-2)12(8-9)18-3/h4-8,13H,14H2,1-3H3. The summed E-state index contributed by atoms with van der Waals surface area (Å²) >= 11 is 0. The van der Waals surface area contributed by atoms with Crippen LogP contribution in [0.25, 0.3) is 0 Å². The van der Waals surface area contributed by atoms with Gasteiger partial charge in [0.2, 0.25) is 0 Å². The second kappa shape index (κ2) is 5.10. The first-order valence-electron chi connectivity index (χ1n) is 5.62. The molecule has 2 aromatic rings. The minimum absolute atomic E-state index is 0.239. The Morgan fingerprint density at radius 1 is 1.17 bits per heavy atom. The lowest BCUT2D eigenvalue weighted by Crippen LogP contribution is -2.16. The Balaban J connectivity index is 2.37. The summed E-state index contributed by atoms with van der Waals surface area (Å²) in [6.45, 7) is 0. The van der Waals surface area contributed by atoms with E-state index >= 15 is 0 Å². The number of hydrogen-bond acceptors (Lipinski definition) is 4. The predicted octanol–water partition coefficient (Wildman–Crippen LogP) is 1.49. The second-order valence-corrected chi connectivity index (χ2v) is 3.97. The van der Waals surface area contributed by atoms with Gasteiger partial charge in [-0.3, -0.25) is 4.68 Å². The van der Waals surface area contributed by atoms with E-state index in [1.54, 1.807) is 25.1 Å². The monoisotopic (exact) mass is 247 g/mol. The Kier molecular flexibility index (Phi) is 3.53. The van der Waals surface area contributed by atoms with Gasteiger partial charge in [-0.25, -0.2) is 0 Å². The van der Waals surface area contributed by atoms with Crippen LogP contribution < -0.4 is 15.2 Å². The maximum absolute atomic E-state index is 6.22. The highest BCUT2D eigenvalue weighted by Gasteiger charge is 2.14. The lowest BCUT2D eigenvalue weighted by Gasteiger charge is -2.15. The highest BCUT2D eigenvalue weighted by Crippen LogP contribution is 2.31. The fourth-order valence-corrected chi connectivity index (χ4v) is 1.91. The fourth-order valence-electron chi connectivity index (χ4n) is 1.91. The van der Waals surface area contributed by atoms with Crippen LogP contribution in [-0.4, -0.2) is 24.0 Å². The van der Waals surface area contributed by atoms with Crippen molar-refractivity contribution in [1.82, 2.24) is 9.78 Å². The molecule has 0 amide bonds. The van der Waals surface area contributed by atoms with Gasteiger partial charge in [-0.15, -0.1) is 0 Å². The number of nitrogens with zero attached hydrogens (tertiary/aromatic N) is 2. The summed E-state index contributed by atoms with van der Waals surface area (Å²) in [7, 11) is 5.09. The summed E-state index contributed by atoms with van der Waals surface area (Å²) in [6.07, 6.45) is 1.73. The van der Waals surface area contributed by atoms with Crippen LogP contribution in [0.1, 0.15) is 17.3 Å². The zero-order valence-corrected chi connectivity index (χ0v) is 10.8. The number of benzene rings is 1. The van der Waals surface area contributed by atoms with E-state index in [0.29, 0.717) is 11.5 Å². The van der Waals surface area contributed by atoms with Gasteiger partial charge in [-0.05, 0) is 23.8 Å². The van der Waals surface area contributed by atoms with Crippen molar-refractivity contribution in [3.63, 3.8) is 0 Å². The van der Waals surface area contributed by atoms with Crippen molar-refractivity contribution in [2.75, 3.05) is 14.2 Å². The van der Waals surface area contributed by atoms with Gasteiger partial charge in [0.05, 0.1) is 26.0 Å². The third-order valence-electron chi connectivity index (χ3n) is 2.94. The maximum atomic E-state index is 6.22. The molecule has 5 nitrogen and oxygen atoms in total. The molecule has 0 aliphatic heterocycles. The zero-order valence-electron chi connectivity index (χ0n) is 10.8. The lowest BCUT2D eigenvalue weighted by atomic mass is 10.0. The Hall–Kier alpha value is -2.01.